The molecule has 23 heavy (non-hydrogen) atoms. The first-order chi connectivity index (χ1) is 11.2. The average Bonchev–Trinajstić information content (AvgIpc) is 2.57. The van der Waals surface area contributed by atoms with E-state index < -0.39 is 0 Å². The van der Waals surface area contributed by atoms with Crippen LogP contribution in [0.15, 0.2) is 24.3 Å². The van der Waals surface area contributed by atoms with Crippen LogP contribution in [0.1, 0.15) is 50.0 Å². The van der Waals surface area contributed by atoms with Crippen molar-refractivity contribution < 1.29 is 9.59 Å². The first kappa shape index (κ1) is 16.0. The summed E-state index contributed by atoms with van der Waals surface area (Å²) in [6.45, 7) is 0. The minimum absolute atomic E-state index is 0.165. The van der Waals surface area contributed by atoms with Gasteiger partial charge in [0.15, 0.2) is 0 Å². The lowest BCUT2D eigenvalue weighted by Crippen LogP contribution is -2.39. The Morgan fingerprint density at radius 3 is 2.22 bits per heavy atom. The number of hydrogen-bond donors (Lipinski definition) is 3. The highest BCUT2D eigenvalue weighted by Crippen LogP contribution is 2.27. The van der Waals surface area contributed by atoms with Crippen LogP contribution in [0.5, 0.6) is 0 Å². The molecule has 1 aromatic carbocycles. The monoisotopic (exact) mass is 315 g/mol. The zero-order valence-electron chi connectivity index (χ0n) is 13.6. The van der Waals surface area contributed by atoms with Crippen molar-refractivity contribution in [1.29, 1.82) is 0 Å². The summed E-state index contributed by atoms with van der Waals surface area (Å²) in [6, 6.07) is 9.28. The lowest BCUT2D eigenvalue weighted by molar-refractivity contribution is -0.134. The number of imide groups is 1. The Labute approximate surface area is 137 Å². The Kier molecular flexibility index (Phi) is 4.96. The summed E-state index contributed by atoms with van der Waals surface area (Å²) in [4.78, 5) is 23.1. The fourth-order valence-corrected chi connectivity index (χ4v) is 3.59. The second-order valence-corrected chi connectivity index (χ2v) is 6.61. The van der Waals surface area contributed by atoms with Gasteiger partial charge in [0.2, 0.25) is 11.8 Å². The molecule has 3 N–H and O–H groups in total. The lowest BCUT2D eigenvalue weighted by atomic mass is 9.90. The number of piperidine rings is 1. The highest BCUT2D eigenvalue weighted by atomic mass is 16.2. The molecule has 1 heterocycles. The molecule has 0 spiro atoms. The molecule has 3 rings (SSSR count). The predicted octanol–water partition coefficient (Wildman–Crippen LogP) is 2.15. The SMILES string of the molecule is CNC1CCC(Nc2ccc(C3CCC(=O)NC3=O)cc2)CC1. The average molecular weight is 315 g/mol. The van der Waals surface area contributed by atoms with E-state index in [1.54, 1.807) is 0 Å². The van der Waals surface area contributed by atoms with E-state index in [1.165, 1.54) is 25.7 Å². The fraction of sp³-hybridized carbons (Fsp3) is 0.556. The van der Waals surface area contributed by atoms with E-state index in [1.807, 2.05) is 31.3 Å². The van der Waals surface area contributed by atoms with Gasteiger partial charge in [-0.3, -0.25) is 14.9 Å². The fourth-order valence-electron chi connectivity index (χ4n) is 3.59. The first-order valence-corrected chi connectivity index (χ1v) is 8.53. The molecule has 2 aliphatic rings. The Bertz CT molecular complexity index is 562. The van der Waals surface area contributed by atoms with Gasteiger partial charge in [0.25, 0.3) is 0 Å². The molecule has 1 saturated heterocycles. The van der Waals surface area contributed by atoms with Crippen LogP contribution in [0.3, 0.4) is 0 Å². The van der Waals surface area contributed by atoms with Gasteiger partial charge in [-0.15, -0.1) is 0 Å². The number of benzene rings is 1. The van der Waals surface area contributed by atoms with Gasteiger partial charge in [0.1, 0.15) is 0 Å². The summed E-state index contributed by atoms with van der Waals surface area (Å²) >= 11 is 0. The molecule has 1 aliphatic carbocycles. The van der Waals surface area contributed by atoms with E-state index in [0.717, 1.165) is 11.3 Å². The molecule has 0 aromatic heterocycles. The minimum Gasteiger partial charge on any atom is -0.382 e. The van der Waals surface area contributed by atoms with E-state index in [9.17, 15) is 9.59 Å². The Balaban J connectivity index is 1.57. The molecule has 2 amide bonds. The van der Waals surface area contributed by atoms with Crippen molar-refractivity contribution in [2.45, 2.75) is 56.5 Å². The van der Waals surface area contributed by atoms with Gasteiger partial charge in [-0.05, 0) is 56.8 Å². The molecule has 0 bridgehead atoms. The highest BCUT2D eigenvalue weighted by Gasteiger charge is 2.27. The number of nitrogens with one attached hydrogen (secondary N) is 3. The van der Waals surface area contributed by atoms with Crippen LogP contribution >= 0.6 is 0 Å². The number of hydrogen-bond acceptors (Lipinski definition) is 4. The van der Waals surface area contributed by atoms with E-state index in [2.05, 4.69) is 16.0 Å². The van der Waals surface area contributed by atoms with Crippen molar-refractivity contribution >= 4 is 17.5 Å². The third-order valence-electron chi connectivity index (χ3n) is 5.06. The molecular formula is C18H25N3O2. The summed E-state index contributed by atoms with van der Waals surface area (Å²) in [7, 11) is 2.03. The summed E-state index contributed by atoms with van der Waals surface area (Å²) < 4.78 is 0. The maximum atomic E-state index is 11.9. The van der Waals surface area contributed by atoms with Crippen molar-refractivity contribution in [3.8, 4) is 0 Å². The summed E-state index contributed by atoms with van der Waals surface area (Å²) in [6.07, 6.45) is 5.81. The number of rotatable bonds is 4. The molecule has 1 aromatic rings. The highest BCUT2D eigenvalue weighted by molar-refractivity contribution is 6.00. The first-order valence-electron chi connectivity index (χ1n) is 8.53. The van der Waals surface area contributed by atoms with Crippen molar-refractivity contribution in [2.75, 3.05) is 12.4 Å². The van der Waals surface area contributed by atoms with Crippen molar-refractivity contribution in [2.24, 2.45) is 0 Å². The van der Waals surface area contributed by atoms with Gasteiger partial charge in [0.05, 0.1) is 5.92 Å². The second kappa shape index (κ2) is 7.13. The van der Waals surface area contributed by atoms with Gasteiger partial charge in [-0.25, -0.2) is 0 Å². The van der Waals surface area contributed by atoms with Gasteiger partial charge >= 0.3 is 0 Å². The molecule has 1 atom stereocenters. The normalized spacial score (nSPS) is 28.3. The van der Waals surface area contributed by atoms with Crippen LogP contribution in [0, 0.1) is 0 Å². The number of anilines is 1. The van der Waals surface area contributed by atoms with Crippen LogP contribution in [-0.2, 0) is 9.59 Å². The smallest absolute Gasteiger partial charge is 0.234 e. The standard InChI is InChI=1S/C18H25N3O2/c1-19-13-6-8-15(9-7-13)20-14-4-2-12(3-5-14)16-10-11-17(22)21-18(16)23/h2-5,13,15-16,19-20H,6-11H2,1H3,(H,21,22,23). The molecule has 1 unspecified atom stereocenters. The predicted molar refractivity (Wildman–Crippen MR) is 90.3 cm³/mol. The van der Waals surface area contributed by atoms with Crippen molar-refractivity contribution in [1.82, 2.24) is 10.6 Å². The van der Waals surface area contributed by atoms with Crippen LogP contribution in [-0.4, -0.2) is 30.9 Å². The maximum absolute atomic E-state index is 11.9. The topological polar surface area (TPSA) is 70.2 Å². The third kappa shape index (κ3) is 3.91. The largest absolute Gasteiger partial charge is 0.382 e. The van der Waals surface area contributed by atoms with Gasteiger partial charge in [0, 0.05) is 24.2 Å². The van der Waals surface area contributed by atoms with Crippen LogP contribution in [0.4, 0.5) is 5.69 Å². The summed E-state index contributed by atoms with van der Waals surface area (Å²) in [5, 5.41) is 9.36. The van der Waals surface area contributed by atoms with Gasteiger partial charge < -0.3 is 10.6 Å². The lowest BCUT2D eigenvalue weighted by Gasteiger charge is -2.29. The maximum Gasteiger partial charge on any atom is 0.234 e. The van der Waals surface area contributed by atoms with E-state index in [-0.39, 0.29) is 17.7 Å². The molecular weight excluding hydrogens is 290 g/mol. The molecule has 124 valence electrons. The number of carbonyl (C=O) groups excluding carboxylic acids is 2. The van der Waals surface area contributed by atoms with Crippen molar-refractivity contribution in [3.05, 3.63) is 29.8 Å². The van der Waals surface area contributed by atoms with E-state index in [4.69, 9.17) is 0 Å². The summed E-state index contributed by atoms with van der Waals surface area (Å²) in [5.74, 6) is -0.540. The number of carbonyl (C=O) groups is 2. The minimum atomic E-state index is -0.201. The van der Waals surface area contributed by atoms with Crippen LogP contribution in [0.25, 0.3) is 0 Å². The quantitative estimate of drug-likeness (QED) is 0.745. The zero-order chi connectivity index (χ0) is 16.2. The van der Waals surface area contributed by atoms with Crippen LogP contribution in [0.2, 0.25) is 0 Å². The van der Waals surface area contributed by atoms with Crippen molar-refractivity contribution in [3.63, 3.8) is 0 Å². The Morgan fingerprint density at radius 1 is 0.957 bits per heavy atom. The van der Waals surface area contributed by atoms with Gasteiger partial charge in [-0.2, -0.15) is 0 Å². The zero-order valence-corrected chi connectivity index (χ0v) is 13.6. The molecule has 1 aliphatic heterocycles. The molecule has 5 nitrogen and oxygen atoms in total. The summed E-state index contributed by atoms with van der Waals surface area (Å²) in [5.41, 5.74) is 2.09. The Morgan fingerprint density at radius 2 is 1.61 bits per heavy atom. The number of amides is 2. The molecule has 1 saturated carbocycles. The Hall–Kier alpha value is -1.88. The molecule has 5 heteroatoms. The second-order valence-electron chi connectivity index (χ2n) is 6.61. The van der Waals surface area contributed by atoms with Gasteiger partial charge in [-0.1, -0.05) is 12.1 Å². The molecule has 2 fully saturated rings. The van der Waals surface area contributed by atoms with E-state index >= 15 is 0 Å². The van der Waals surface area contributed by atoms with E-state index in [0.29, 0.717) is 24.9 Å². The third-order valence-corrected chi connectivity index (χ3v) is 5.06. The molecule has 0 radical (unpaired) electrons. The van der Waals surface area contributed by atoms with Crippen LogP contribution < -0.4 is 16.0 Å².